The average molecular weight is 397 g/mol. The summed E-state index contributed by atoms with van der Waals surface area (Å²) >= 11 is 0. The highest BCUT2D eigenvalue weighted by Crippen LogP contribution is 2.32. The molecule has 0 radical (unpaired) electrons. The fourth-order valence-electron chi connectivity index (χ4n) is 3.38. The fraction of sp³-hybridized carbons (Fsp3) is 0.286. The van der Waals surface area contributed by atoms with Crippen LogP contribution >= 0.6 is 0 Å². The van der Waals surface area contributed by atoms with Crippen molar-refractivity contribution in [2.45, 2.75) is 18.9 Å². The second kappa shape index (κ2) is 7.90. The van der Waals surface area contributed by atoms with Crippen LogP contribution in [0.3, 0.4) is 0 Å². The number of ether oxygens (including phenoxy) is 2. The van der Waals surface area contributed by atoms with Crippen LogP contribution in [0.5, 0.6) is 11.5 Å². The van der Waals surface area contributed by atoms with E-state index in [1.54, 1.807) is 55.5 Å². The molecule has 1 aliphatic heterocycles. The van der Waals surface area contributed by atoms with Crippen LogP contribution < -0.4 is 9.47 Å². The molecule has 7 nitrogen and oxygen atoms in total. The van der Waals surface area contributed by atoms with Crippen molar-refractivity contribution in [2.75, 3.05) is 20.8 Å². The molecule has 0 aliphatic carbocycles. The highest BCUT2D eigenvalue weighted by molar-refractivity contribution is 5.79. The summed E-state index contributed by atoms with van der Waals surface area (Å²) in [7, 11) is 3.12. The van der Waals surface area contributed by atoms with Crippen LogP contribution in [0.1, 0.15) is 23.7 Å². The smallest absolute Gasteiger partial charge is 0.258 e. The van der Waals surface area contributed by atoms with Gasteiger partial charge in [-0.05, 0) is 18.2 Å². The van der Waals surface area contributed by atoms with E-state index in [0.717, 1.165) is 0 Å². The van der Waals surface area contributed by atoms with E-state index in [1.165, 1.54) is 6.07 Å². The number of halogens is 1. The van der Waals surface area contributed by atoms with Crippen LogP contribution in [0.15, 0.2) is 47.0 Å². The molecule has 1 unspecified atom stereocenters. The second-order valence-corrected chi connectivity index (χ2v) is 6.83. The summed E-state index contributed by atoms with van der Waals surface area (Å²) in [5.41, 5.74) is 1.14. The monoisotopic (exact) mass is 397 g/mol. The first kappa shape index (κ1) is 18.9. The molecule has 150 valence electrons. The SMILES string of the molecule is COc1cc(OC)cc(-c2nc(C3CC(=O)N(Cc4ccccc4F)C3)no2)c1. The molecule has 1 fully saturated rings. The third-order valence-electron chi connectivity index (χ3n) is 4.94. The molecular weight excluding hydrogens is 377 g/mol. The zero-order valence-corrected chi connectivity index (χ0v) is 16.1. The van der Waals surface area contributed by atoms with Crippen molar-refractivity contribution in [2.24, 2.45) is 0 Å². The van der Waals surface area contributed by atoms with Gasteiger partial charge >= 0.3 is 0 Å². The van der Waals surface area contributed by atoms with Gasteiger partial charge in [-0.3, -0.25) is 4.79 Å². The molecule has 1 aliphatic rings. The lowest BCUT2D eigenvalue weighted by molar-refractivity contribution is -0.128. The molecule has 29 heavy (non-hydrogen) atoms. The molecular formula is C21H20FN3O4. The maximum Gasteiger partial charge on any atom is 0.258 e. The first-order chi connectivity index (χ1) is 14.1. The van der Waals surface area contributed by atoms with Crippen LogP contribution in [0.25, 0.3) is 11.5 Å². The van der Waals surface area contributed by atoms with E-state index < -0.39 is 0 Å². The normalized spacial score (nSPS) is 16.3. The van der Waals surface area contributed by atoms with Crippen molar-refractivity contribution in [3.05, 3.63) is 59.7 Å². The summed E-state index contributed by atoms with van der Waals surface area (Å²) in [6, 6.07) is 11.7. The van der Waals surface area contributed by atoms with Gasteiger partial charge < -0.3 is 18.9 Å². The number of benzene rings is 2. The summed E-state index contributed by atoms with van der Waals surface area (Å²) < 4.78 is 29.9. The van der Waals surface area contributed by atoms with Gasteiger partial charge in [0, 0.05) is 42.6 Å². The maximum atomic E-state index is 13.9. The minimum absolute atomic E-state index is 0.0624. The van der Waals surface area contributed by atoms with Gasteiger partial charge in [-0.25, -0.2) is 4.39 Å². The van der Waals surface area contributed by atoms with E-state index in [-0.39, 0.29) is 30.6 Å². The van der Waals surface area contributed by atoms with Gasteiger partial charge in [0.05, 0.1) is 14.2 Å². The van der Waals surface area contributed by atoms with E-state index in [1.807, 2.05) is 0 Å². The summed E-state index contributed by atoms with van der Waals surface area (Å²) in [5.74, 6) is 1.38. The standard InChI is InChI=1S/C21H20FN3O4/c1-27-16-7-14(8-17(10-16)28-2)21-23-20(24-29-21)15-9-19(26)25(12-15)11-13-5-3-4-6-18(13)22/h3-8,10,15H,9,11-12H2,1-2H3. The Bertz CT molecular complexity index is 1010. The van der Waals surface area contributed by atoms with E-state index in [9.17, 15) is 9.18 Å². The van der Waals surface area contributed by atoms with E-state index in [4.69, 9.17) is 14.0 Å². The molecule has 3 aromatic rings. The molecule has 0 N–H and O–H groups in total. The van der Waals surface area contributed by atoms with Crippen LogP contribution in [0, 0.1) is 5.82 Å². The first-order valence-electron chi connectivity index (χ1n) is 9.15. The van der Waals surface area contributed by atoms with Gasteiger partial charge in [0.1, 0.15) is 17.3 Å². The first-order valence-corrected chi connectivity index (χ1v) is 9.15. The molecule has 1 atom stereocenters. The molecule has 0 saturated carbocycles. The Morgan fingerprint density at radius 1 is 1.17 bits per heavy atom. The molecule has 0 bridgehead atoms. The molecule has 0 spiro atoms. The largest absolute Gasteiger partial charge is 0.497 e. The number of carbonyl (C=O) groups is 1. The Kier molecular flexibility index (Phi) is 5.16. The lowest BCUT2D eigenvalue weighted by atomic mass is 10.1. The zero-order valence-electron chi connectivity index (χ0n) is 16.1. The highest BCUT2D eigenvalue weighted by Gasteiger charge is 2.34. The molecule has 1 aromatic heterocycles. The fourth-order valence-corrected chi connectivity index (χ4v) is 3.38. The second-order valence-electron chi connectivity index (χ2n) is 6.83. The van der Waals surface area contributed by atoms with Crippen molar-refractivity contribution in [3.63, 3.8) is 0 Å². The van der Waals surface area contributed by atoms with Crippen molar-refractivity contribution in [1.82, 2.24) is 15.0 Å². The molecule has 8 heteroatoms. The topological polar surface area (TPSA) is 77.7 Å². The number of carbonyl (C=O) groups excluding carboxylic acids is 1. The molecule has 1 amide bonds. The number of methoxy groups -OCH3 is 2. The summed E-state index contributed by atoms with van der Waals surface area (Å²) in [6.45, 7) is 0.632. The number of rotatable bonds is 6. The number of hydrogen-bond acceptors (Lipinski definition) is 6. The van der Waals surface area contributed by atoms with Crippen molar-refractivity contribution < 1.29 is 23.2 Å². The van der Waals surface area contributed by atoms with Gasteiger partial charge in [0.25, 0.3) is 5.89 Å². The summed E-state index contributed by atoms with van der Waals surface area (Å²) in [6.07, 6.45) is 0.259. The van der Waals surface area contributed by atoms with Gasteiger partial charge in [-0.1, -0.05) is 23.4 Å². The van der Waals surface area contributed by atoms with Gasteiger partial charge in [0.15, 0.2) is 5.82 Å². The lowest BCUT2D eigenvalue weighted by Crippen LogP contribution is -2.25. The van der Waals surface area contributed by atoms with Crippen LogP contribution in [-0.2, 0) is 11.3 Å². The zero-order chi connectivity index (χ0) is 20.4. The third kappa shape index (κ3) is 3.91. The molecule has 2 heterocycles. The lowest BCUT2D eigenvalue weighted by Gasteiger charge is -2.16. The quantitative estimate of drug-likeness (QED) is 0.634. The third-order valence-corrected chi connectivity index (χ3v) is 4.94. The Hall–Kier alpha value is -3.42. The van der Waals surface area contributed by atoms with Gasteiger partial charge in [0.2, 0.25) is 5.91 Å². The molecule has 1 saturated heterocycles. The predicted octanol–water partition coefficient (Wildman–Crippen LogP) is 3.41. The number of amides is 1. The minimum atomic E-state index is -0.322. The predicted molar refractivity (Wildman–Crippen MR) is 102 cm³/mol. The van der Waals surface area contributed by atoms with E-state index in [2.05, 4.69) is 10.1 Å². The Morgan fingerprint density at radius 3 is 2.59 bits per heavy atom. The van der Waals surface area contributed by atoms with Crippen molar-refractivity contribution >= 4 is 5.91 Å². The van der Waals surface area contributed by atoms with Gasteiger partial charge in [-0.15, -0.1) is 0 Å². The number of nitrogens with zero attached hydrogens (tertiary/aromatic N) is 3. The Balaban J connectivity index is 1.52. The maximum absolute atomic E-state index is 13.9. The number of hydrogen-bond donors (Lipinski definition) is 0. The van der Waals surface area contributed by atoms with Gasteiger partial charge in [-0.2, -0.15) is 4.98 Å². The minimum Gasteiger partial charge on any atom is -0.497 e. The van der Waals surface area contributed by atoms with Crippen molar-refractivity contribution in [3.8, 4) is 23.0 Å². The van der Waals surface area contributed by atoms with Crippen LogP contribution in [0.4, 0.5) is 4.39 Å². The van der Waals surface area contributed by atoms with Crippen LogP contribution in [-0.4, -0.2) is 41.7 Å². The molecule has 4 rings (SSSR count). The van der Waals surface area contributed by atoms with Crippen LogP contribution in [0.2, 0.25) is 0 Å². The summed E-state index contributed by atoms with van der Waals surface area (Å²) in [4.78, 5) is 18.5. The number of likely N-dealkylation sites (tertiary alicyclic amines) is 1. The van der Waals surface area contributed by atoms with E-state index >= 15 is 0 Å². The Morgan fingerprint density at radius 2 is 1.90 bits per heavy atom. The van der Waals surface area contributed by atoms with E-state index in [0.29, 0.717) is 40.9 Å². The summed E-state index contributed by atoms with van der Waals surface area (Å²) in [5, 5.41) is 4.06. The average Bonchev–Trinajstić information content (AvgIpc) is 3.36. The molecule has 2 aromatic carbocycles. The van der Waals surface area contributed by atoms with Crippen molar-refractivity contribution in [1.29, 1.82) is 0 Å². The Labute approximate surface area is 167 Å². The highest BCUT2D eigenvalue weighted by atomic mass is 19.1. The number of aromatic nitrogens is 2.